The molecule has 0 aromatic heterocycles. The molecule has 2 aliphatic rings. The van der Waals surface area contributed by atoms with Crippen LogP contribution in [0.2, 0.25) is 0 Å². The zero-order chi connectivity index (χ0) is 14.6. The molecule has 7 heteroatoms. The first-order chi connectivity index (χ1) is 9.47. The summed E-state index contributed by atoms with van der Waals surface area (Å²) in [6.07, 6.45) is 8.67. The third kappa shape index (κ3) is 5.06. The maximum absolute atomic E-state index is 12.3. The largest absolute Gasteiger partial charge is 0.316 e. The number of piperidine rings is 1. The van der Waals surface area contributed by atoms with Crippen LogP contribution in [0.15, 0.2) is 0 Å². The van der Waals surface area contributed by atoms with E-state index in [0.717, 1.165) is 12.8 Å². The SMILES string of the molecule is CNC(C)CNS(=O)(=O)N1CCC2(CCCCC2)CC1.Cl. The fourth-order valence-corrected chi connectivity index (χ4v) is 4.73. The Morgan fingerprint density at radius 3 is 2.19 bits per heavy atom. The first kappa shape index (κ1) is 19.2. The molecule has 0 bridgehead atoms. The first-order valence-electron chi connectivity index (χ1n) is 7.89. The molecule has 1 atom stereocenters. The van der Waals surface area contributed by atoms with Crippen molar-refractivity contribution in [3.63, 3.8) is 0 Å². The van der Waals surface area contributed by atoms with E-state index in [1.165, 1.54) is 32.1 Å². The second-order valence-corrected chi connectivity index (χ2v) is 8.26. The fraction of sp³-hybridized carbons (Fsp3) is 1.00. The molecule has 0 aromatic carbocycles. The molecular weight excluding hydrogens is 310 g/mol. The van der Waals surface area contributed by atoms with Gasteiger partial charge in [-0.3, -0.25) is 0 Å². The Balaban J connectivity index is 0.00000220. The van der Waals surface area contributed by atoms with Crippen LogP contribution in [0.3, 0.4) is 0 Å². The van der Waals surface area contributed by atoms with Crippen LogP contribution in [0.1, 0.15) is 51.9 Å². The molecule has 1 unspecified atom stereocenters. The zero-order valence-corrected chi connectivity index (χ0v) is 14.9. The summed E-state index contributed by atoms with van der Waals surface area (Å²) in [5, 5.41) is 3.04. The highest BCUT2D eigenvalue weighted by atomic mass is 35.5. The van der Waals surface area contributed by atoms with Crippen molar-refractivity contribution in [2.75, 3.05) is 26.7 Å². The molecule has 1 heterocycles. The number of rotatable bonds is 5. The molecule has 21 heavy (non-hydrogen) atoms. The van der Waals surface area contributed by atoms with Gasteiger partial charge in [0.15, 0.2) is 0 Å². The zero-order valence-electron chi connectivity index (χ0n) is 13.2. The molecule has 126 valence electrons. The molecular formula is C14H30ClN3O2S. The quantitative estimate of drug-likeness (QED) is 0.804. The van der Waals surface area contributed by atoms with Gasteiger partial charge in [0.25, 0.3) is 10.2 Å². The molecule has 0 radical (unpaired) electrons. The van der Waals surface area contributed by atoms with E-state index in [0.29, 0.717) is 25.0 Å². The van der Waals surface area contributed by atoms with Crippen LogP contribution in [0, 0.1) is 5.41 Å². The van der Waals surface area contributed by atoms with Crippen molar-refractivity contribution in [2.24, 2.45) is 5.41 Å². The first-order valence-corrected chi connectivity index (χ1v) is 9.33. The van der Waals surface area contributed by atoms with Crippen molar-refractivity contribution in [1.82, 2.24) is 14.3 Å². The van der Waals surface area contributed by atoms with Crippen molar-refractivity contribution in [3.05, 3.63) is 0 Å². The molecule has 1 saturated carbocycles. The summed E-state index contributed by atoms with van der Waals surface area (Å²) in [6, 6.07) is 0.152. The summed E-state index contributed by atoms with van der Waals surface area (Å²) < 4.78 is 28.9. The Labute approximate surface area is 135 Å². The lowest BCUT2D eigenvalue weighted by molar-refractivity contribution is 0.102. The van der Waals surface area contributed by atoms with Crippen LogP contribution in [-0.4, -0.2) is 45.4 Å². The van der Waals surface area contributed by atoms with Crippen LogP contribution >= 0.6 is 12.4 Å². The highest BCUT2D eigenvalue weighted by Gasteiger charge is 2.38. The summed E-state index contributed by atoms with van der Waals surface area (Å²) >= 11 is 0. The Morgan fingerprint density at radius 1 is 1.10 bits per heavy atom. The van der Waals surface area contributed by atoms with E-state index in [1.807, 2.05) is 14.0 Å². The fourth-order valence-electron chi connectivity index (χ4n) is 3.43. The minimum absolute atomic E-state index is 0. The van der Waals surface area contributed by atoms with Crippen molar-refractivity contribution in [3.8, 4) is 0 Å². The van der Waals surface area contributed by atoms with Gasteiger partial charge < -0.3 is 5.32 Å². The van der Waals surface area contributed by atoms with E-state index in [2.05, 4.69) is 10.0 Å². The topological polar surface area (TPSA) is 61.4 Å². The highest BCUT2D eigenvalue weighted by Crippen LogP contribution is 2.44. The number of hydrogen-bond acceptors (Lipinski definition) is 3. The van der Waals surface area contributed by atoms with E-state index < -0.39 is 10.2 Å². The molecule has 2 fully saturated rings. The molecule has 1 spiro atoms. The van der Waals surface area contributed by atoms with Crippen LogP contribution in [-0.2, 0) is 10.2 Å². The normalized spacial score (nSPS) is 24.5. The summed E-state index contributed by atoms with van der Waals surface area (Å²) in [5.74, 6) is 0. The smallest absolute Gasteiger partial charge is 0.279 e. The predicted molar refractivity (Wildman–Crippen MR) is 89.0 cm³/mol. The monoisotopic (exact) mass is 339 g/mol. The predicted octanol–water partition coefficient (Wildman–Crippen LogP) is 1.90. The molecule has 2 N–H and O–H groups in total. The second kappa shape index (κ2) is 8.11. The van der Waals surface area contributed by atoms with Crippen molar-refractivity contribution in [2.45, 2.75) is 57.9 Å². The Kier molecular flexibility index (Phi) is 7.40. The van der Waals surface area contributed by atoms with Gasteiger partial charge >= 0.3 is 0 Å². The molecule has 0 amide bonds. The molecule has 5 nitrogen and oxygen atoms in total. The average Bonchev–Trinajstić information content (AvgIpc) is 2.46. The third-order valence-electron chi connectivity index (χ3n) is 5.10. The summed E-state index contributed by atoms with van der Waals surface area (Å²) in [4.78, 5) is 0. The molecule has 1 saturated heterocycles. The Morgan fingerprint density at radius 2 is 1.67 bits per heavy atom. The van der Waals surface area contributed by atoms with Gasteiger partial charge in [-0.2, -0.15) is 12.7 Å². The van der Waals surface area contributed by atoms with Gasteiger partial charge in [0.2, 0.25) is 0 Å². The number of halogens is 1. The van der Waals surface area contributed by atoms with Crippen LogP contribution in [0.25, 0.3) is 0 Å². The van der Waals surface area contributed by atoms with E-state index in [9.17, 15) is 8.42 Å². The van der Waals surface area contributed by atoms with E-state index in [-0.39, 0.29) is 18.4 Å². The van der Waals surface area contributed by atoms with Crippen LogP contribution in [0.4, 0.5) is 0 Å². The van der Waals surface area contributed by atoms with E-state index in [1.54, 1.807) is 4.31 Å². The lowest BCUT2D eigenvalue weighted by Crippen LogP contribution is -2.50. The summed E-state index contributed by atoms with van der Waals surface area (Å²) in [6.45, 7) is 3.78. The van der Waals surface area contributed by atoms with Crippen LogP contribution < -0.4 is 10.0 Å². The maximum Gasteiger partial charge on any atom is 0.279 e. The molecule has 2 rings (SSSR count). The van der Waals surface area contributed by atoms with Crippen molar-refractivity contribution < 1.29 is 8.42 Å². The number of hydrogen-bond donors (Lipinski definition) is 2. The minimum Gasteiger partial charge on any atom is -0.316 e. The standard InChI is InChI=1S/C14H29N3O2S.ClH/c1-13(15-2)12-16-20(18,19)17-10-8-14(9-11-17)6-4-3-5-7-14;/h13,15-16H,3-12H2,1-2H3;1H. The van der Waals surface area contributed by atoms with E-state index >= 15 is 0 Å². The summed E-state index contributed by atoms with van der Waals surface area (Å²) in [7, 11) is -1.46. The number of likely N-dealkylation sites (N-methyl/N-ethyl adjacent to an activating group) is 1. The Hall–Kier alpha value is 0.120. The van der Waals surface area contributed by atoms with Gasteiger partial charge in [-0.05, 0) is 45.1 Å². The highest BCUT2D eigenvalue weighted by molar-refractivity contribution is 7.87. The average molecular weight is 340 g/mol. The molecule has 0 aromatic rings. The van der Waals surface area contributed by atoms with E-state index in [4.69, 9.17) is 0 Å². The lowest BCUT2D eigenvalue weighted by Gasteiger charge is -2.43. The molecule has 1 aliphatic carbocycles. The Bertz CT molecular complexity index is 400. The minimum atomic E-state index is -3.30. The number of nitrogens with zero attached hydrogens (tertiary/aromatic N) is 1. The maximum atomic E-state index is 12.3. The lowest BCUT2D eigenvalue weighted by atomic mass is 9.68. The second-order valence-electron chi connectivity index (χ2n) is 6.50. The van der Waals surface area contributed by atoms with Crippen molar-refractivity contribution >= 4 is 22.6 Å². The molecule has 1 aliphatic heterocycles. The third-order valence-corrected chi connectivity index (χ3v) is 6.68. The number of nitrogens with one attached hydrogen (secondary N) is 2. The van der Waals surface area contributed by atoms with Crippen LogP contribution in [0.5, 0.6) is 0 Å². The van der Waals surface area contributed by atoms with Gasteiger partial charge in [0.1, 0.15) is 0 Å². The van der Waals surface area contributed by atoms with Gasteiger partial charge in [0.05, 0.1) is 0 Å². The summed E-state index contributed by atoms with van der Waals surface area (Å²) in [5.41, 5.74) is 0.447. The van der Waals surface area contributed by atoms with Gasteiger partial charge in [-0.15, -0.1) is 12.4 Å². The van der Waals surface area contributed by atoms with Gasteiger partial charge in [0, 0.05) is 25.7 Å². The van der Waals surface area contributed by atoms with Gasteiger partial charge in [-0.1, -0.05) is 19.3 Å². The van der Waals surface area contributed by atoms with Crippen molar-refractivity contribution in [1.29, 1.82) is 0 Å². The van der Waals surface area contributed by atoms with Gasteiger partial charge in [-0.25, -0.2) is 4.72 Å².